The summed E-state index contributed by atoms with van der Waals surface area (Å²) in [5.74, 6) is 1.66. The molecule has 0 radical (unpaired) electrons. The van der Waals surface area contributed by atoms with E-state index in [0.717, 1.165) is 57.3 Å². The predicted molar refractivity (Wildman–Crippen MR) is 78.5 cm³/mol. The zero-order chi connectivity index (χ0) is 14.0. The Morgan fingerprint density at radius 1 is 1.15 bits per heavy atom. The summed E-state index contributed by atoms with van der Waals surface area (Å²) in [7, 11) is 1.56. The van der Waals surface area contributed by atoms with Crippen LogP contribution in [0.5, 0.6) is 0 Å². The van der Waals surface area contributed by atoms with Gasteiger partial charge in [0.15, 0.2) is 0 Å². The summed E-state index contributed by atoms with van der Waals surface area (Å²) < 4.78 is 5.23. The van der Waals surface area contributed by atoms with Gasteiger partial charge in [-0.2, -0.15) is 0 Å². The molecule has 114 valence electrons. The largest absolute Gasteiger partial charge is 0.468 e. The Kier molecular flexibility index (Phi) is 4.32. The molecule has 0 aromatic heterocycles. The van der Waals surface area contributed by atoms with E-state index in [9.17, 15) is 4.79 Å². The van der Waals surface area contributed by atoms with Crippen LogP contribution in [0.4, 0.5) is 0 Å². The summed E-state index contributed by atoms with van der Waals surface area (Å²) in [6, 6.07) is 0. The molecule has 1 aliphatic heterocycles. The first-order valence-corrected chi connectivity index (χ1v) is 8.30. The normalized spacial score (nSPS) is 36.4. The zero-order valence-corrected chi connectivity index (χ0v) is 12.7. The van der Waals surface area contributed by atoms with Crippen LogP contribution in [0.25, 0.3) is 0 Å². The molecule has 1 N–H and O–H groups in total. The van der Waals surface area contributed by atoms with Crippen molar-refractivity contribution in [2.75, 3.05) is 33.3 Å². The Hall–Kier alpha value is -0.610. The molecule has 2 unspecified atom stereocenters. The van der Waals surface area contributed by atoms with Gasteiger partial charge in [-0.25, -0.2) is 0 Å². The minimum Gasteiger partial charge on any atom is -0.468 e. The molecule has 4 heteroatoms. The number of ether oxygens (including phenoxy) is 1. The topological polar surface area (TPSA) is 41.6 Å². The van der Waals surface area contributed by atoms with Gasteiger partial charge >= 0.3 is 5.97 Å². The van der Waals surface area contributed by atoms with E-state index in [1.54, 1.807) is 7.11 Å². The lowest BCUT2D eigenvalue weighted by molar-refractivity contribution is -0.159. The fourth-order valence-corrected chi connectivity index (χ4v) is 4.33. The van der Waals surface area contributed by atoms with Crippen LogP contribution in [-0.2, 0) is 9.53 Å². The maximum atomic E-state index is 12.6. The van der Waals surface area contributed by atoms with E-state index in [1.807, 2.05) is 0 Å². The van der Waals surface area contributed by atoms with Gasteiger partial charge in [0.25, 0.3) is 0 Å². The molecule has 0 amide bonds. The highest BCUT2D eigenvalue weighted by atomic mass is 16.5. The van der Waals surface area contributed by atoms with Crippen LogP contribution in [0, 0.1) is 11.8 Å². The van der Waals surface area contributed by atoms with Crippen LogP contribution >= 0.6 is 0 Å². The van der Waals surface area contributed by atoms with Gasteiger partial charge in [0.05, 0.1) is 7.11 Å². The van der Waals surface area contributed by atoms with Crippen molar-refractivity contribution >= 4 is 5.97 Å². The highest BCUT2D eigenvalue weighted by Gasteiger charge is 2.50. The van der Waals surface area contributed by atoms with Crippen molar-refractivity contribution in [2.24, 2.45) is 11.8 Å². The molecule has 3 aliphatic rings. The minimum absolute atomic E-state index is 0.0183. The molecule has 4 nitrogen and oxygen atoms in total. The second-order valence-electron chi connectivity index (χ2n) is 6.81. The number of nitrogens with one attached hydrogen (secondary N) is 1. The molecule has 3 rings (SSSR count). The number of hydrogen-bond acceptors (Lipinski definition) is 4. The van der Waals surface area contributed by atoms with Crippen molar-refractivity contribution in [1.29, 1.82) is 0 Å². The van der Waals surface area contributed by atoms with Crippen molar-refractivity contribution in [2.45, 2.75) is 50.5 Å². The molecular weight excluding hydrogens is 252 g/mol. The van der Waals surface area contributed by atoms with Gasteiger partial charge in [-0.3, -0.25) is 9.69 Å². The standard InChI is InChI=1S/C16H28N2O2/c1-20-15(19)16(18-10-3-8-17-9-11-18)7-2-4-14(12-16)13-5-6-13/h13-14,17H,2-12H2,1H3. The Morgan fingerprint density at radius 3 is 2.75 bits per heavy atom. The van der Waals surface area contributed by atoms with E-state index in [1.165, 1.54) is 25.7 Å². The lowest BCUT2D eigenvalue weighted by Crippen LogP contribution is -2.58. The third-order valence-corrected chi connectivity index (χ3v) is 5.56. The van der Waals surface area contributed by atoms with E-state index >= 15 is 0 Å². The fourth-order valence-electron chi connectivity index (χ4n) is 4.33. The maximum absolute atomic E-state index is 12.6. The van der Waals surface area contributed by atoms with Crippen molar-refractivity contribution in [1.82, 2.24) is 10.2 Å². The average molecular weight is 280 g/mol. The van der Waals surface area contributed by atoms with Gasteiger partial charge in [-0.1, -0.05) is 12.8 Å². The van der Waals surface area contributed by atoms with Crippen LogP contribution in [0.2, 0.25) is 0 Å². The van der Waals surface area contributed by atoms with E-state index in [0.29, 0.717) is 0 Å². The molecule has 0 bridgehead atoms. The van der Waals surface area contributed by atoms with E-state index in [2.05, 4.69) is 10.2 Å². The van der Waals surface area contributed by atoms with Crippen molar-refractivity contribution in [3.8, 4) is 0 Å². The van der Waals surface area contributed by atoms with Crippen LogP contribution in [0.1, 0.15) is 44.9 Å². The Morgan fingerprint density at radius 2 is 2.00 bits per heavy atom. The summed E-state index contributed by atoms with van der Waals surface area (Å²) in [6.45, 7) is 4.07. The highest BCUT2D eigenvalue weighted by Crippen LogP contribution is 2.48. The molecule has 3 fully saturated rings. The molecule has 2 aliphatic carbocycles. The van der Waals surface area contributed by atoms with Crippen molar-refractivity contribution < 1.29 is 9.53 Å². The quantitative estimate of drug-likeness (QED) is 0.800. The molecule has 0 aromatic carbocycles. The number of carbonyl (C=O) groups excluding carboxylic acids is 1. The number of methoxy groups -OCH3 is 1. The van der Waals surface area contributed by atoms with E-state index < -0.39 is 0 Å². The van der Waals surface area contributed by atoms with Crippen LogP contribution in [0.15, 0.2) is 0 Å². The number of hydrogen-bond donors (Lipinski definition) is 1. The number of rotatable bonds is 3. The smallest absolute Gasteiger partial charge is 0.326 e. The number of carbonyl (C=O) groups is 1. The summed E-state index contributed by atoms with van der Waals surface area (Å²) in [6.07, 6.45) is 8.41. The third-order valence-electron chi connectivity index (χ3n) is 5.56. The first-order chi connectivity index (χ1) is 9.76. The number of esters is 1. The summed E-state index contributed by atoms with van der Waals surface area (Å²) in [5, 5.41) is 3.44. The molecule has 2 atom stereocenters. The lowest BCUT2D eigenvalue weighted by atomic mass is 9.72. The zero-order valence-electron chi connectivity index (χ0n) is 12.7. The van der Waals surface area contributed by atoms with Gasteiger partial charge in [0.1, 0.15) is 5.54 Å². The first kappa shape index (κ1) is 14.3. The van der Waals surface area contributed by atoms with Gasteiger partial charge in [-0.05, 0) is 50.5 Å². The Balaban J connectivity index is 1.80. The van der Waals surface area contributed by atoms with Crippen LogP contribution in [-0.4, -0.2) is 49.7 Å². The van der Waals surface area contributed by atoms with Gasteiger partial charge in [0, 0.05) is 19.6 Å². The second-order valence-corrected chi connectivity index (χ2v) is 6.81. The van der Waals surface area contributed by atoms with E-state index in [4.69, 9.17) is 4.74 Å². The summed E-state index contributed by atoms with van der Waals surface area (Å²) >= 11 is 0. The molecule has 20 heavy (non-hydrogen) atoms. The monoisotopic (exact) mass is 280 g/mol. The predicted octanol–water partition coefficient (Wildman–Crippen LogP) is 1.79. The third kappa shape index (κ3) is 2.73. The fraction of sp³-hybridized carbons (Fsp3) is 0.938. The molecular formula is C16H28N2O2. The van der Waals surface area contributed by atoms with Crippen molar-refractivity contribution in [3.05, 3.63) is 0 Å². The summed E-state index contributed by atoms with van der Waals surface area (Å²) in [4.78, 5) is 15.0. The molecule has 1 saturated heterocycles. The average Bonchev–Trinajstić information content (AvgIpc) is 3.32. The highest BCUT2D eigenvalue weighted by molar-refractivity contribution is 5.81. The SMILES string of the molecule is COC(=O)C1(N2CCCNCC2)CCCC(C2CC2)C1. The first-order valence-electron chi connectivity index (χ1n) is 8.30. The van der Waals surface area contributed by atoms with Crippen LogP contribution in [0.3, 0.4) is 0 Å². The van der Waals surface area contributed by atoms with Gasteiger partial charge in [-0.15, -0.1) is 0 Å². The second kappa shape index (κ2) is 6.02. The minimum atomic E-state index is -0.327. The van der Waals surface area contributed by atoms with Crippen molar-refractivity contribution in [3.63, 3.8) is 0 Å². The molecule has 2 saturated carbocycles. The summed E-state index contributed by atoms with van der Waals surface area (Å²) in [5.41, 5.74) is -0.327. The maximum Gasteiger partial charge on any atom is 0.326 e. The molecule has 0 aromatic rings. The number of nitrogens with zero attached hydrogens (tertiary/aromatic N) is 1. The van der Waals surface area contributed by atoms with Crippen LogP contribution < -0.4 is 5.32 Å². The van der Waals surface area contributed by atoms with Gasteiger partial charge in [0.2, 0.25) is 0 Å². The Labute approximate surface area is 122 Å². The van der Waals surface area contributed by atoms with E-state index in [-0.39, 0.29) is 11.5 Å². The Bertz CT molecular complexity index is 348. The molecule has 0 spiro atoms. The molecule has 1 heterocycles. The lowest BCUT2D eigenvalue weighted by Gasteiger charge is -2.46. The van der Waals surface area contributed by atoms with Gasteiger partial charge < -0.3 is 10.1 Å².